The van der Waals surface area contributed by atoms with Crippen molar-refractivity contribution in [3.63, 3.8) is 0 Å². The van der Waals surface area contributed by atoms with Crippen LogP contribution in [0.3, 0.4) is 0 Å². The van der Waals surface area contributed by atoms with E-state index < -0.39 is 11.0 Å². The SMILES string of the molecule is C=CC(C)(C)Oc1ccc(N2C(=O)C3(CCN(C(=O)Nc4ccccc4)CC3)C2c2ccc(Cc3ccccc3)cc2)cc1. The fourth-order valence-corrected chi connectivity index (χ4v) is 6.38. The molecule has 1 unspecified atom stereocenters. The molecule has 1 atom stereocenters. The second-order valence-corrected chi connectivity index (χ2v) is 12.3. The number of carbonyl (C=O) groups is 2. The molecule has 0 aliphatic carbocycles. The van der Waals surface area contributed by atoms with Crippen molar-refractivity contribution in [1.82, 2.24) is 4.90 Å². The molecule has 6 rings (SSSR count). The summed E-state index contributed by atoms with van der Waals surface area (Å²) >= 11 is 0. The molecule has 4 aromatic carbocycles. The molecular weight excluding hydrogens is 546 g/mol. The number of benzene rings is 4. The highest BCUT2D eigenvalue weighted by atomic mass is 16.5. The number of rotatable bonds is 8. The van der Waals surface area contributed by atoms with Gasteiger partial charge in [0.05, 0.1) is 11.5 Å². The summed E-state index contributed by atoms with van der Waals surface area (Å²) in [5, 5.41) is 2.99. The van der Waals surface area contributed by atoms with Crippen LogP contribution in [0.15, 0.2) is 122 Å². The summed E-state index contributed by atoms with van der Waals surface area (Å²) in [5.41, 5.74) is 4.14. The van der Waals surface area contributed by atoms with Crippen molar-refractivity contribution in [2.75, 3.05) is 23.3 Å². The van der Waals surface area contributed by atoms with Crippen molar-refractivity contribution in [1.29, 1.82) is 0 Å². The molecule has 4 aromatic rings. The van der Waals surface area contributed by atoms with Gasteiger partial charge in [-0.3, -0.25) is 4.79 Å². The molecule has 0 radical (unpaired) electrons. The van der Waals surface area contributed by atoms with Crippen molar-refractivity contribution in [2.24, 2.45) is 5.41 Å². The Morgan fingerprint density at radius 3 is 2.09 bits per heavy atom. The van der Waals surface area contributed by atoms with Crippen LogP contribution in [0.2, 0.25) is 0 Å². The van der Waals surface area contributed by atoms with Crippen LogP contribution < -0.4 is 15.0 Å². The van der Waals surface area contributed by atoms with E-state index in [1.807, 2.05) is 84.3 Å². The number of likely N-dealkylation sites (tertiary alicyclic amines) is 1. The van der Waals surface area contributed by atoms with Gasteiger partial charge in [0.1, 0.15) is 11.4 Å². The Labute approximate surface area is 260 Å². The average molecular weight is 586 g/mol. The first-order chi connectivity index (χ1) is 21.3. The number of hydrogen-bond donors (Lipinski definition) is 1. The molecular formula is C38H39N3O3. The van der Waals surface area contributed by atoms with Crippen LogP contribution in [-0.4, -0.2) is 35.5 Å². The van der Waals surface area contributed by atoms with E-state index in [-0.39, 0.29) is 18.0 Å². The van der Waals surface area contributed by atoms with E-state index in [0.717, 1.165) is 29.1 Å². The van der Waals surface area contributed by atoms with Crippen LogP contribution in [0.5, 0.6) is 5.75 Å². The topological polar surface area (TPSA) is 61.9 Å². The molecule has 0 saturated carbocycles. The Morgan fingerprint density at radius 2 is 1.48 bits per heavy atom. The number of ether oxygens (including phenoxy) is 1. The first kappa shape index (κ1) is 29.2. The van der Waals surface area contributed by atoms with E-state index >= 15 is 0 Å². The van der Waals surface area contributed by atoms with Crippen molar-refractivity contribution in [3.05, 3.63) is 139 Å². The van der Waals surface area contributed by atoms with Gasteiger partial charge < -0.3 is 19.9 Å². The number of hydrogen-bond acceptors (Lipinski definition) is 3. The maximum absolute atomic E-state index is 14.1. The molecule has 2 aliphatic heterocycles. The Balaban J connectivity index is 1.24. The number of β-lactam (4-membered cyclic amide) rings is 1. The van der Waals surface area contributed by atoms with Crippen molar-refractivity contribution < 1.29 is 14.3 Å². The predicted octanol–water partition coefficient (Wildman–Crippen LogP) is 8.02. The maximum atomic E-state index is 14.1. The molecule has 2 fully saturated rings. The molecule has 2 saturated heterocycles. The van der Waals surface area contributed by atoms with Gasteiger partial charge in [-0.25, -0.2) is 4.79 Å². The minimum Gasteiger partial charge on any atom is -0.484 e. The van der Waals surface area contributed by atoms with Gasteiger partial charge in [-0.05, 0) is 92.3 Å². The number of carbonyl (C=O) groups excluding carboxylic acids is 2. The molecule has 1 spiro atoms. The van der Waals surface area contributed by atoms with Gasteiger partial charge in [0.15, 0.2) is 0 Å². The lowest BCUT2D eigenvalue weighted by Gasteiger charge is -2.59. The number of nitrogens with one attached hydrogen (secondary N) is 1. The van der Waals surface area contributed by atoms with Gasteiger partial charge in [0.2, 0.25) is 5.91 Å². The lowest BCUT2D eigenvalue weighted by Crippen LogP contribution is -2.67. The van der Waals surface area contributed by atoms with Crippen molar-refractivity contribution >= 4 is 23.3 Å². The molecule has 2 heterocycles. The molecule has 6 nitrogen and oxygen atoms in total. The summed E-state index contributed by atoms with van der Waals surface area (Å²) in [6.07, 6.45) is 3.84. The third-order valence-corrected chi connectivity index (χ3v) is 8.93. The van der Waals surface area contributed by atoms with Crippen LogP contribution in [-0.2, 0) is 11.2 Å². The standard InChI is InChI=1S/C38H39N3O3/c1-4-37(2,3)44-33-21-19-32(20-22-33)41-34(30-17-15-29(16-18-30)27-28-11-7-5-8-12-28)38(35(41)42)23-25-40(26-24-38)36(43)39-31-13-9-6-10-14-31/h4-22,34H,1,23-27H2,2-3H3,(H,39,43). The van der Waals surface area contributed by atoms with E-state index in [9.17, 15) is 9.59 Å². The zero-order valence-electron chi connectivity index (χ0n) is 25.4. The molecule has 6 heteroatoms. The zero-order valence-corrected chi connectivity index (χ0v) is 25.4. The van der Waals surface area contributed by atoms with Crippen LogP contribution in [0.1, 0.15) is 49.4 Å². The summed E-state index contributed by atoms with van der Waals surface area (Å²) in [5.74, 6) is 0.833. The van der Waals surface area contributed by atoms with E-state index in [0.29, 0.717) is 25.9 Å². The van der Waals surface area contributed by atoms with Crippen LogP contribution in [0.4, 0.5) is 16.2 Å². The van der Waals surface area contributed by atoms with Crippen LogP contribution in [0, 0.1) is 5.41 Å². The molecule has 0 bridgehead atoms. The number of urea groups is 1. The first-order valence-corrected chi connectivity index (χ1v) is 15.3. The summed E-state index contributed by atoms with van der Waals surface area (Å²) in [4.78, 5) is 30.9. The summed E-state index contributed by atoms with van der Waals surface area (Å²) in [6, 6.07) is 36.1. The number of nitrogens with zero attached hydrogens (tertiary/aromatic N) is 2. The largest absolute Gasteiger partial charge is 0.484 e. The average Bonchev–Trinajstić information content (AvgIpc) is 3.05. The minimum absolute atomic E-state index is 0.110. The predicted molar refractivity (Wildman–Crippen MR) is 176 cm³/mol. The van der Waals surface area contributed by atoms with Gasteiger partial charge in [-0.1, -0.05) is 79.4 Å². The molecule has 44 heavy (non-hydrogen) atoms. The Morgan fingerprint density at radius 1 is 0.886 bits per heavy atom. The van der Waals surface area contributed by atoms with Crippen LogP contribution >= 0.6 is 0 Å². The van der Waals surface area contributed by atoms with E-state index in [1.165, 1.54) is 11.1 Å². The Kier molecular flexibility index (Phi) is 8.00. The van der Waals surface area contributed by atoms with Gasteiger partial charge >= 0.3 is 6.03 Å². The smallest absolute Gasteiger partial charge is 0.321 e. The minimum atomic E-state index is -0.565. The van der Waals surface area contributed by atoms with Gasteiger partial charge in [-0.2, -0.15) is 0 Å². The molecule has 3 amide bonds. The van der Waals surface area contributed by atoms with Gasteiger partial charge in [0, 0.05) is 24.5 Å². The van der Waals surface area contributed by atoms with Gasteiger partial charge in [0.25, 0.3) is 0 Å². The summed E-state index contributed by atoms with van der Waals surface area (Å²) in [7, 11) is 0. The molecule has 1 N–H and O–H groups in total. The summed E-state index contributed by atoms with van der Waals surface area (Å²) in [6.45, 7) is 8.81. The molecule has 2 aliphatic rings. The number of amides is 3. The van der Waals surface area contributed by atoms with Crippen LogP contribution in [0.25, 0.3) is 0 Å². The second-order valence-electron chi connectivity index (χ2n) is 12.3. The van der Waals surface area contributed by atoms with Gasteiger partial charge in [-0.15, -0.1) is 0 Å². The summed E-state index contributed by atoms with van der Waals surface area (Å²) < 4.78 is 6.06. The van der Waals surface area contributed by atoms with E-state index in [1.54, 1.807) is 6.08 Å². The normalized spacial score (nSPS) is 17.6. The Bertz CT molecular complexity index is 1610. The molecule has 0 aromatic heterocycles. The number of anilines is 2. The second kappa shape index (κ2) is 12.0. The van der Waals surface area contributed by atoms with E-state index in [2.05, 4.69) is 60.4 Å². The Hall–Kier alpha value is -4.84. The third kappa shape index (κ3) is 5.85. The first-order valence-electron chi connectivity index (χ1n) is 15.3. The lowest BCUT2D eigenvalue weighted by atomic mass is 9.62. The highest BCUT2D eigenvalue weighted by molar-refractivity contribution is 6.06. The van der Waals surface area contributed by atoms with E-state index in [4.69, 9.17) is 4.74 Å². The highest BCUT2D eigenvalue weighted by Crippen LogP contribution is 2.57. The quantitative estimate of drug-likeness (QED) is 0.168. The fourth-order valence-electron chi connectivity index (χ4n) is 6.38. The number of piperidine rings is 1. The fraction of sp³-hybridized carbons (Fsp3) is 0.263. The van der Waals surface area contributed by atoms with Crippen molar-refractivity contribution in [2.45, 2.75) is 44.8 Å². The number of para-hydroxylation sites is 1. The monoisotopic (exact) mass is 585 g/mol. The third-order valence-electron chi connectivity index (χ3n) is 8.93. The highest BCUT2D eigenvalue weighted by Gasteiger charge is 2.62. The zero-order chi connectivity index (χ0) is 30.7. The van der Waals surface area contributed by atoms with Crippen molar-refractivity contribution in [3.8, 4) is 5.75 Å². The maximum Gasteiger partial charge on any atom is 0.321 e. The lowest BCUT2D eigenvalue weighted by molar-refractivity contribution is -0.144. The molecule has 224 valence electrons.